The van der Waals surface area contributed by atoms with E-state index in [0.717, 1.165) is 5.56 Å². The van der Waals surface area contributed by atoms with Crippen LogP contribution in [0.1, 0.15) is 26.3 Å². The molecule has 0 aliphatic carbocycles. The Kier molecular flexibility index (Phi) is 9.40. The van der Waals surface area contributed by atoms with E-state index in [9.17, 15) is 9.59 Å². The van der Waals surface area contributed by atoms with E-state index in [0.29, 0.717) is 17.7 Å². The summed E-state index contributed by atoms with van der Waals surface area (Å²) in [4.78, 5) is 26.0. The lowest BCUT2D eigenvalue weighted by Crippen LogP contribution is -2.62. The summed E-state index contributed by atoms with van der Waals surface area (Å²) in [7, 11) is 2.91. The molecule has 3 aromatic carbocycles. The van der Waals surface area contributed by atoms with Crippen LogP contribution >= 0.6 is 0 Å². The van der Waals surface area contributed by atoms with Crippen LogP contribution in [0.2, 0.25) is 0 Å². The molecule has 8 nitrogen and oxygen atoms in total. The predicted octanol–water partition coefficient (Wildman–Crippen LogP) is 4.04. The predicted molar refractivity (Wildman–Crippen MR) is 134 cm³/mol. The zero-order valence-electron chi connectivity index (χ0n) is 20.7. The fourth-order valence-corrected chi connectivity index (χ4v) is 4.15. The quantitative estimate of drug-likeness (QED) is 0.381. The molecule has 194 valence electrons. The average molecular weight is 507 g/mol. The van der Waals surface area contributed by atoms with Crippen molar-refractivity contribution >= 4 is 11.9 Å². The molecule has 5 unspecified atom stereocenters. The lowest BCUT2D eigenvalue weighted by atomic mass is 9.98. The van der Waals surface area contributed by atoms with Gasteiger partial charge in [0.25, 0.3) is 0 Å². The van der Waals surface area contributed by atoms with Crippen molar-refractivity contribution < 1.29 is 38.0 Å². The highest BCUT2D eigenvalue weighted by molar-refractivity contribution is 5.90. The Morgan fingerprint density at radius 3 is 1.70 bits per heavy atom. The number of hydrogen-bond acceptors (Lipinski definition) is 8. The Balaban J connectivity index is 1.56. The molecule has 1 saturated heterocycles. The molecule has 0 saturated carbocycles. The van der Waals surface area contributed by atoms with E-state index in [-0.39, 0.29) is 6.61 Å². The maximum Gasteiger partial charge on any atom is 0.338 e. The number of carbonyl (C=O) groups is 2. The van der Waals surface area contributed by atoms with E-state index in [1.54, 1.807) is 60.7 Å². The number of ether oxygens (including phenoxy) is 6. The van der Waals surface area contributed by atoms with Crippen LogP contribution in [-0.2, 0) is 35.0 Å². The summed E-state index contributed by atoms with van der Waals surface area (Å²) in [5.74, 6) is -1.19. The Bertz CT molecular complexity index is 1120. The zero-order valence-corrected chi connectivity index (χ0v) is 20.7. The minimum Gasteiger partial charge on any atom is -0.452 e. The third kappa shape index (κ3) is 6.81. The smallest absolute Gasteiger partial charge is 0.338 e. The molecular formula is C29H30O8. The molecule has 0 spiro atoms. The second-order valence-corrected chi connectivity index (χ2v) is 8.45. The topological polar surface area (TPSA) is 89.5 Å². The molecule has 5 atom stereocenters. The van der Waals surface area contributed by atoms with Gasteiger partial charge in [-0.2, -0.15) is 0 Å². The molecular weight excluding hydrogens is 476 g/mol. The maximum absolute atomic E-state index is 13.0. The molecule has 1 aliphatic heterocycles. The molecule has 1 heterocycles. The first-order valence-corrected chi connectivity index (χ1v) is 12.0. The average Bonchev–Trinajstić information content (AvgIpc) is 2.95. The lowest BCUT2D eigenvalue weighted by Gasteiger charge is -2.44. The van der Waals surface area contributed by atoms with Crippen LogP contribution < -0.4 is 0 Å². The van der Waals surface area contributed by atoms with Gasteiger partial charge in [0.05, 0.1) is 24.3 Å². The third-order valence-electron chi connectivity index (χ3n) is 5.99. The largest absolute Gasteiger partial charge is 0.452 e. The fraction of sp³-hybridized carbons (Fsp3) is 0.310. The summed E-state index contributed by atoms with van der Waals surface area (Å²) in [5, 5.41) is 0. The monoisotopic (exact) mass is 506 g/mol. The van der Waals surface area contributed by atoms with Gasteiger partial charge in [-0.1, -0.05) is 66.7 Å². The van der Waals surface area contributed by atoms with Crippen LogP contribution in [0.4, 0.5) is 0 Å². The molecule has 1 fully saturated rings. The number of rotatable bonds is 10. The van der Waals surface area contributed by atoms with Crippen LogP contribution in [0.5, 0.6) is 0 Å². The van der Waals surface area contributed by atoms with Gasteiger partial charge in [0, 0.05) is 14.2 Å². The van der Waals surface area contributed by atoms with E-state index in [1.807, 2.05) is 30.3 Å². The van der Waals surface area contributed by atoms with E-state index in [4.69, 9.17) is 28.4 Å². The molecule has 3 aromatic rings. The van der Waals surface area contributed by atoms with E-state index < -0.39 is 42.6 Å². The van der Waals surface area contributed by atoms with Crippen molar-refractivity contribution in [2.45, 2.75) is 37.3 Å². The normalized spacial score (nSPS) is 23.2. The first kappa shape index (κ1) is 26.5. The Labute approximate surface area is 216 Å². The van der Waals surface area contributed by atoms with Crippen LogP contribution in [0.15, 0.2) is 91.0 Å². The molecule has 0 radical (unpaired) electrons. The fourth-order valence-electron chi connectivity index (χ4n) is 4.15. The van der Waals surface area contributed by atoms with Crippen LogP contribution in [0.25, 0.3) is 0 Å². The van der Waals surface area contributed by atoms with Gasteiger partial charge in [-0.25, -0.2) is 9.59 Å². The van der Waals surface area contributed by atoms with Crippen LogP contribution in [0, 0.1) is 0 Å². The van der Waals surface area contributed by atoms with E-state index >= 15 is 0 Å². The molecule has 0 amide bonds. The molecule has 4 rings (SSSR count). The van der Waals surface area contributed by atoms with E-state index in [1.165, 1.54) is 14.2 Å². The molecule has 0 aromatic heterocycles. The van der Waals surface area contributed by atoms with Crippen molar-refractivity contribution in [3.05, 3.63) is 108 Å². The summed E-state index contributed by atoms with van der Waals surface area (Å²) < 4.78 is 35.0. The van der Waals surface area contributed by atoms with Crippen molar-refractivity contribution in [2.24, 2.45) is 0 Å². The number of methoxy groups -OCH3 is 2. The summed E-state index contributed by atoms with van der Waals surface area (Å²) in [5.41, 5.74) is 1.69. The van der Waals surface area contributed by atoms with Gasteiger partial charge >= 0.3 is 11.9 Å². The minimum atomic E-state index is -1.10. The van der Waals surface area contributed by atoms with Crippen LogP contribution in [-0.4, -0.2) is 63.5 Å². The van der Waals surface area contributed by atoms with E-state index in [2.05, 4.69) is 0 Å². The van der Waals surface area contributed by atoms with Gasteiger partial charge < -0.3 is 28.4 Å². The van der Waals surface area contributed by atoms with Gasteiger partial charge in [-0.15, -0.1) is 0 Å². The van der Waals surface area contributed by atoms with Gasteiger partial charge in [0.1, 0.15) is 12.2 Å². The minimum absolute atomic E-state index is 0.131. The Morgan fingerprint density at radius 2 is 1.19 bits per heavy atom. The first-order chi connectivity index (χ1) is 18.1. The molecule has 0 bridgehead atoms. The Hall–Kier alpha value is -3.56. The molecule has 0 N–H and O–H groups in total. The molecule has 1 aliphatic rings. The van der Waals surface area contributed by atoms with Gasteiger partial charge in [0.2, 0.25) is 0 Å². The molecule has 37 heavy (non-hydrogen) atoms. The highest BCUT2D eigenvalue weighted by Crippen LogP contribution is 2.30. The second-order valence-electron chi connectivity index (χ2n) is 8.45. The number of benzene rings is 3. The maximum atomic E-state index is 13.0. The summed E-state index contributed by atoms with van der Waals surface area (Å²) in [6.45, 7) is 0.488. The molecule has 8 heteroatoms. The number of carbonyl (C=O) groups excluding carboxylic acids is 2. The van der Waals surface area contributed by atoms with Crippen molar-refractivity contribution in [3.8, 4) is 0 Å². The van der Waals surface area contributed by atoms with Gasteiger partial charge in [-0.3, -0.25) is 0 Å². The summed E-state index contributed by atoms with van der Waals surface area (Å²) >= 11 is 0. The zero-order chi connectivity index (χ0) is 26.0. The first-order valence-electron chi connectivity index (χ1n) is 12.0. The summed E-state index contributed by atoms with van der Waals surface area (Å²) in [6, 6.07) is 26.8. The Morgan fingerprint density at radius 1 is 0.676 bits per heavy atom. The highest BCUT2D eigenvalue weighted by atomic mass is 16.7. The highest BCUT2D eigenvalue weighted by Gasteiger charge is 2.51. The SMILES string of the molecule is COC1OC(COCc2ccccc2)C(OC)C(OC(=O)c2ccccc2)C1OC(=O)c1ccccc1. The lowest BCUT2D eigenvalue weighted by molar-refractivity contribution is -0.298. The van der Waals surface area contributed by atoms with Crippen molar-refractivity contribution in [1.29, 1.82) is 0 Å². The standard InChI is InChI=1S/C29H30O8/c1-32-24-23(19-34-18-20-12-6-3-7-13-20)35-29(33-2)26(37-28(31)22-16-10-5-11-17-22)25(24)36-27(30)21-14-8-4-9-15-21/h3-17,23-26,29H,18-19H2,1-2H3. The van der Waals surface area contributed by atoms with Gasteiger partial charge in [0.15, 0.2) is 18.5 Å². The van der Waals surface area contributed by atoms with Crippen molar-refractivity contribution in [2.75, 3.05) is 20.8 Å². The summed E-state index contributed by atoms with van der Waals surface area (Å²) in [6.07, 6.45) is -4.63. The van der Waals surface area contributed by atoms with Crippen LogP contribution in [0.3, 0.4) is 0 Å². The second kappa shape index (κ2) is 13.1. The van der Waals surface area contributed by atoms with Crippen molar-refractivity contribution in [3.63, 3.8) is 0 Å². The number of hydrogen-bond donors (Lipinski definition) is 0. The van der Waals surface area contributed by atoms with Gasteiger partial charge in [-0.05, 0) is 29.8 Å². The third-order valence-corrected chi connectivity index (χ3v) is 5.99. The van der Waals surface area contributed by atoms with Crippen molar-refractivity contribution in [1.82, 2.24) is 0 Å². The number of esters is 2.